The zero-order chi connectivity index (χ0) is 21.6. The number of nitrogens with zero attached hydrogens (tertiary/aromatic N) is 3. The van der Waals surface area contributed by atoms with Crippen molar-refractivity contribution in [2.75, 3.05) is 20.3 Å². The third-order valence-corrected chi connectivity index (χ3v) is 4.15. The Kier molecular flexibility index (Phi) is 6.81. The molecule has 0 fully saturated rings. The normalized spacial score (nSPS) is 11.4. The first-order chi connectivity index (χ1) is 14.4. The van der Waals surface area contributed by atoms with Crippen LogP contribution in [0.3, 0.4) is 0 Å². The topological polar surface area (TPSA) is 58.4 Å². The maximum absolute atomic E-state index is 12.5. The number of ether oxygens (including phenoxy) is 3. The van der Waals surface area contributed by atoms with Gasteiger partial charge in [-0.2, -0.15) is 18.2 Å². The van der Waals surface area contributed by atoms with Gasteiger partial charge in [-0.05, 0) is 55.0 Å². The summed E-state index contributed by atoms with van der Waals surface area (Å²) in [4.78, 5) is 4.17. The molecular formula is C21H22F3N3O3. The molecule has 0 saturated heterocycles. The van der Waals surface area contributed by atoms with E-state index in [1.807, 2.05) is 0 Å². The fourth-order valence-electron chi connectivity index (χ4n) is 2.63. The van der Waals surface area contributed by atoms with Gasteiger partial charge in [0.2, 0.25) is 0 Å². The maximum atomic E-state index is 12.5. The highest BCUT2D eigenvalue weighted by molar-refractivity contribution is 5.59. The minimum Gasteiger partial charge on any atom is -0.497 e. The zero-order valence-corrected chi connectivity index (χ0v) is 16.6. The van der Waals surface area contributed by atoms with Crippen LogP contribution < -0.4 is 14.2 Å². The summed E-state index contributed by atoms with van der Waals surface area (Å²) in [5.74, 6) is 1.69. The Bertz CT molecular complexity index is 939. The number of methoxy groups -OCH3 is 1. The molecule has 0 spiro atoms. The Morgan fingerprint density at radius 2 is 1.60 bits per heavy atom. The van der Waals surface area contributed by atoms with Gasteiger partial charge in [0.25, 0.3) is 0 Å². The lowest BCUT2D eigenvalue weighted by Crippen LogP contribution is -2.19. The molecular weight excluding hydrogens is 399 g/mol. The molecule has 0 aliphatic carbocycles. The van der Waals surface area contributed by atoms with Gasteiger partial charge in [0.1, 0.15) is 11.5 Å². The summed E-state index contributed by atoms with van der Waals surface area (Å²) in [5, 5.41) is 4.11. The van der Waals surface area contributed by atoms with Gasteiger partial charge in [0.05, 0.1) is 19.4 Å². The molecule has 0 bridgehead atoms. The van der Waals surface area contributed by atoms with Crippen molar-refractivity contribution in [3.63, 3.8) is 0 Å². The first kappa shape index (κ1) is 21.5. The van der Waals surface area contributed by atoms with E-state index in [1.54, 1.807) is 55.6 Å². The molecule has 0 aliphatic rings. The number of aromatic nitrogens is 3. The van der Waals surface area contributed by atoms with E-state index in [2.05, 4.69) is 17.0 Å². The third-order valence-electron chi connectivity index (χ3n) is 4.15. The van der Waals surface area contributed by atoms with Gasteiger partial charge >= 0.3 is 12.2 Å². The number of rotatable bonds is 9. The van der Waals surface area contributed by atoms with Gasteiger partial charge < -0.3 is 14.2 Å². The van der Waals surface area contributed by atoms with E-state index in [0.717, 1.165) is 12.8 Å². The average molecular weight is 421 g/mol. The number of unbranched alkanes of at least 4 members (excludes halogenated alkanes) is 1. The quantitative estimate of drug-likeness (QED) is 0.452. The van der Waals surface area contributed by atoms with Crippen molar-refractivity contribution in [1.82, 2.24) is 14.8 Å². The minimum absolute atomic E-state index is 0.345. The van der Waals surface area contributed by atoms with Gasteiger partial charge in [-0.25, -0.2) is 4.68 Å². The fraction of sp³-hybridized carbons (Fsp3) is 0.333. The molecule has 30 heavy (non-hydrogen) atoms. The largest absolute Gasteiger partial charge is 0.497 e. The SMILES string of the molecule is CCCCOc1ccc(-c2nc(OCC(F)(F)F)nn2-c2ccc(OC)cc2)cc1. The molecule has 0 saturated carbocycles. The van der Waals surface area contributed by atoms with Gasteiger partial charge in [0.15, 0.2) is 12.4 Å². The lowest BCUT2D eigenvalue weighted by Gasteiger charge is -2.08. The lowest BCUT2D eigenvalue weighted by atomic mass is 10.2. The van der Waals surface area contributed by atoms with Crippen LogP contribution in [-0.4, -0.2) is 41.3 Å². The average Bonchev–Trinajstić information content (AvgIpc) is 3.17. The van der Waals surface area contributed by atoms with Gasteiger partial charge in [-0.1, -0.05) is 13.3 Å². The van der Waals surface area contributed by atoms with Crippen LogP contribution >= 0.6 is 0 Å². The summed E-state index contributed by atoms with van der Waals surface area (Å²) in [6, 6.07) is 13.7. The standard InChI is InChI=1S/C21H22F3N3O3/c1-3-4-13-29-18-9-5-15(6-10-18)19-25-20(30-14-21(22,23)24)26-27(19)16-7-11-17(28-2)12-8-16/h5-12H,3-4,13-14H2,1-2H3. The molecule has 0 atom stereocenters. The number of hydrogen-bond donors (Lipinski definition) is 0. The molecule has 3 aromatic rings. The molecule has 0 amide bonds. The van der Waals surface area contributed by atoms with Crippen molar-refractivity contribution in [2.24, 2.45) is 0 Å². The summed E-state index contributed by atoms with van der Waals surface area (Å²) in [6.45, 7) is 1.23. The summed E-state index contributed by atoms with van der Waals surface area (Å²) < 4.78 is 54.6. The second kappa shape index (κ2) is 9.51. The predicted octanol–water partition coefficient (Wildman–Crippen LogP) is 5.06. The molecule has 1 aromatic heterocycles. The Morgan fingerprint density at radius 1 is 0.933 bits per heavy atom. The van der Waals surface area contributed by atoms with Crippen molar-refractivity contribution in [2.45, 2.75) is 25.9 Å². The van der Waals surface area contributed by atoms with Crippen LogP contribution in [0.1, 0.15) is 19.8 Å². The second-order valence-electron chi connectivity index (χ2n) is 6.46. The van der Waals surface area contributed by atoms with E-state index in [9.17, 15) is 13.2 Å². The van der Waals surface area contributed by atoms with Crippen molar-refractivity contribution < 1.29 is 27.4 Å². The van der Waals surface area contributed by atoms with Crippen LogP contribution in [-0.2, 0) is 0 Å². The fourth-order valence-corrected chi connectivity index (χ4v) is 2.63. The Hall–Kier alpha value is -3.23. The van der Waals surface area contributed by atoms with Gasteiger partial charge in [-0.15, -0.1) is 5.10 Å². The Morgan fingerprint density at radius 3 is 2.20 bits per heavy atom. The van der Waals surface area contributed by atoms with Crippen molar-refractivity contribution in [3.05, 3.63) is 48.5 Å². The monoisotopic (exact) mass is 421 g/mol. The smallest absolute Gasteiger partial charge is 0.422 e. The van der Waals surface area contributed by atoms with Crippen LogP contribution in [0.5, 0.6) is 17.5 Å². The number of benzene rings is 2. The van der Waals surface area contributed by atoms with Crippen molar-refractivity contribution in [3.8, 4) is 34.6 Å². The molecule has 3 rings (SSSR count). The first-order valence-electron chi connectivity index (χ1n) is 9.44. The van der Waals surface area contributed by atoms with Gasteiger partial charge in [-0.3, -0.25) is 0 Å². The van der Waals surface area contributed by atoms with Crippen LogP contribution in [0.2, 0.25) is 0 Å². The molecule has 6 nitrogen and oxygen atoms in total. The molecule has 0 aliphatic heterocycles. The Labute approximate surface area is 172 Å². The second-order valence-corrected chi connectivity index (χ2v) is 6.46. The summed E-state index contributed by atoms with van der Waals surface area (Å²) >= 11 is 0. The van der Waals surface area contributed by atoms with Crippen LogP contribution in [0, 0.1) is 0 Å². The highest BCUT2D eigenvalue weighted by atomic mass is 19.4. The first-order valence-corrected chi connectivity index (χ1v) is 9.44. The number of alkyl halides is 3. The van der Waals surface area contributed by atoms with E-state index < -0.39 is 12.8 Å². The van der Waals surface area contributed by atoms with E-state index in [-0.39, 0.29) is 6.01 Å². The zero-order valence-electron chi connectivity index (χ0n) is 16.6. The maximum Gasteiger partial charge on any atom is 0.422 e. The number of halogens is 3. The minimum atomic E-state index is -4.48. The molecule has 160 valence electrons. The van der Waals surface area contributed by atoms with E-state index in [1.165, 1.54) is 4.68 Å². The van der Waals surface area contributed by atoms with E-state index in [4.69, 9.17) is 14.2 Å². The molecule has 9 heteroatoms. The highest BCUT2D eigenvalue weighted by Crippen LogP contribution is 2.27. The number of hydrogen-bond acceptors (Lipinski definition) is 5. The van der Waals surface area contributed by atoms with Gasteiger partial charge in [0, 0.05) is 5.56 Å². The highest BCUT2D eigenvalue weighted by Gasteiger charge is 2.29. The van der Waals surface area contributed by atoms with Crippen LogP contribution in [0.25, 0.3) is 17.1 Å². The van der Waals surface area contributed by atoms with E-state index in [0.29, 0.717) is 35.2 Å². The molecule has 0 unspecified atom stereocenters. The summed E-state index contributed by atoms with van der Waals surface area (Å²) in [7, 11) is 1.54. The van der Waals surface area contributed by atoms with Crippen molar-refractivity contribution >= 4 is 0 Å². The van der Waals surface area contributed by atoms with Crippen LogP contribution in [0.15, 0.2) is 48.5 Å². The van der Waals surface area contributed by atoms with E-state index >= 15 is 0 Å². The van der Waals surface area contributed by atoms with Crippen LogP contribution in [0.4, 0.5) is 13.2 Å². The molecule has 2 aromatic carbocycles. The molecule has 0 N–H and O–H groups in total. The summed E-state index contributed by atoms with van der Waals surface area (Å²) in [5.41, 5.74) is 1.26. The van der Waals surface area contributed by atoms with Crippen molar-refractivity contribution in [1.29, 1.82) is 0 Å². The molecule has 0 radical (unpaired) electrons. The Balaban J connectivity index is 1.91. The predicted molar refractivity (Wildman–Crippen MR) is 105 cm³/mol. The third kappa shape index (κ3) is 5.65. The molecule has 1 heterocycles. The summed E-state index contributed by atoms with van der Waals surface area (Å²) in [6.07, 6.45) is -2.50. The lowest BCUT2D eigenvalue weighted by molar-refractivity contribution is -0.154.